The van der Waals surface area contributed by atoms with Gasteiger partial charge in [0.25, 0.3) is 5.91 Å². The monoisotopic (exact) mass is 345 g/mol. The average Bonchev–Trinajstić information content (AvgIpc) is 2.42. The van der Waals surface area contributed by atoms with Crippen LogP contribution in [0.4, 0.5) is 5.69 Å². The van der Waals surface area contributed by atoms with Crippen molar-refractivity contribution in [3.8, 4) is 11.5 Å². The topological polar surface area (TPSA) is 58.6 Å². The van der Waals surface area contributed by atoms with E-state index in [0.717, 1.165) is 0 Å². The highest BCUT2D eigenvalue weighted by molar-refractivity contribution is 6.37. The molecular formula is C14H10Cl3NO3. The quantitative estimate of drug-likeness (QED) is 0.808. The van der Waals surface area contributed by atoms with Crippen molar-refractivity contribution in [2.24, 2.45) is 0 Å². The molecule has 0 heterocycles. The third-order valence-corrected chi connectivity index (χ3v) is 3.28. The highest BCUT2D eigenvalue weighted by Crippen LogP contribution is 2.34. The predicted molar refractivity (Wildman–Crippen MR) is 83.7 cm³/mol. The second-order valence-electron chi connectivity index (χ2n) is 4.08. The molecule has 4 nitrogen and oxygen atoms in total. The summed E-state index contributed by atoms with van der Waals surface area (Å²) in [4.78, 5) is 11.8. The Labute approximate surface area is 136 Å². The Balaban J connectivity index is 1.96. The summed E-state index contributed by atoms with van der Waals surface area (Å²) in [5, 5.41) is 12.6. The van der Waals surface area contributed by atoms with Crippen molar-refractivity contribution in [2.75, 3.05) is 11.9 Å². The van der Waals surface area contributed by atoms with Gasteiger partial charge in [-0.1, -0.05) is 40.9 Å². The molecule has 0 saturated carbocycles. The summed E-state index contributed by atoms with van der Waals surface area (Å²) >= 11 is 17.3. The van der Waals surface area contributed by atoms with Gasteiger partial charge in [0.05, 0.1) is 10.0 Å². The molecule has 0 fully saturated rings. The fourth-order valence-corrected chi connectivity index (χ4v) is 2.21. The number of amides is 1. The van der Waals surface area contributed by atoms with Crippen LogP contribution >= 0.6 is 34.8 Å². The fourth-order valence-electron chi connectivity index (χ4n) is 1.54. The van der Waals surface area contributed by atoms with Gasteiger partial charge in [-0.2, -0.15) is 0 Å². The van der Waals surface area contributed by atoms with Gasteiger partial charge in [-0.25, -0.2) is 0 Å². The zero-order chi connectivity index (χ0) is 15.4. The highest BCUT2D eigenvalue weighted by atomic mass is 35.5. The van der Waals surface area contributed by atoms with E-state index >= 15 is 0 Å². The summed E-state index contributed by atoms with van der Waals surface area (Å²) in [6, 6.07) is 9.49. The van der Waals surface area contributed by atoms with Gasteiger partial charge in [0.15, 0.2) is 12.4 Å². The number of benzene rings is 2. The molecule has 0 spiro atoms. The summed E-state index contributed by atoms with van der Waals surface area (Å²) in [5.41, 5.74) is 0.363. The number of hydrogen-bond donors (Lipinski definition) is 2. The fraction of sp³-hybridized carbons (Fsp3) is 0.0714. The van der Waals surface area contributed by atoms with Crippen LogP contribution in [-0.4, -0.2) is 17.6 Å². The highest BCUT2D eigenvalue weighted by Gasteiger charge is 2.09. The maximum Gasteiger partial charge on any atom is 0.262 e. The molecule has 0 aliphatic carbocycles. The molecule has 0 bridgehead atoms. The molecule has 0 aliphatic heterocycles. The summed E-state index contributed by atoms with van der Waals surface area (Å²) < 4.78 is 5.29. The lowest BCUT2D eigenvalue weighted by atomic mass is 10.3. The van der Waals surface area contributed by atoms with Gasteiger partial charge in [0.1, 0.15) is 5.75 Å². The van der Waals surface area contributed by atoms with Crippen LogP contribution in [0.25, 0.3) is 0 Å². The van der Waals surface area contributed by atoms with Gasteiger partial charge < -0.3 is 15.2 Å². The van der Waals surface area contributed by atoms with Crippen molar-refractivity contribution >= 4 is 46.4 Å². The van der Waals surface area contributed by atoms with E-state index in [4.69, 9.17) is 39.5 Å². The molecular weight excluding hydrogens is 337 g/mol. The van der Waals surface area contributed by atoms with Crippen LogP contribution in [0, 0.1) is 0 Å². The van der Waals surface area contributed by atoms with E-state index in [-0.39, 0.29) is 22.4 Å². The molecule has 0 radical (unpaired) electrons. The molecule has 0 unspecified atom stereocenters. The lowest BCUT2D eigenvalue weighted by Crippen LogP contribution is -2.20. The molecule has 21 heavy (non-hydrogen) atoms. The molecule has 0 aliphatic rings. The lowest BCUT2D eigenvalue weighted by molar-refractivity contribution is -0.118. The maximum absolute atomic E-state index is 11.8. The van der Waals surface area contributed by atoms with Gasteiger partial charge in [-0.05, 0) is 30.3 Å². The summed E-state index contributed by atoms with van der Waals surface area (Å²) in [5.74, 6) is -0.140. The van der Waals surface area contributed by atoms with E-state index in [9.17, 15) is 9.90 Å². The number of halogens is 3. The Bertz CT molecular complexity index is 653. The maximum atomic E-state index is 11.8. The molecule has 7 heteroatoms. The first-order chi connectivity index (χ1) is 9.95. The van der Waals surface area contributed by atoms with Crippen molar-refractivity contribution in [3.05, 3.63) is 51.5 Å². The Hall–Kier alpha value is -1.62. The minimum Gasteiger partial charge on any atom is -0.505 e. The summed E-state index contributed by atoms with van der Waals surface area (Å²) in [7, 11) is 0. The van der Waals surface area contributed by atoms with Crippen LogP contribution in [0.1, 0.15) is 0 Å². The molecule has 2 N–H and O–H groups in total. The van der Waals surface area contributed by atoms with Crippen molar-refractivity contribution in [1.29, 1.82) is 0 Å². The molecule has 1 amide bonds. The van der Waals surface area contributed by atoms with Crippen LogP contribution in [0.15, 0.2) is 36.4 Å². The van der Waals surface area contributed by atoms with Crippen LogP contribution in [0.2, 0.25) is 15.1 Å². The third kappa shape index (κ3) is 4.43. The first-order valence-corrected chi connectivity index (χ1v) is 6.95. The Morgan fingerprint density at radius 1 is 1.14 bits per heavy atom. The second kappa shape index (κ2) is 6.89. The summed E-state index contributed by atoms with van der Waals surface area (Å²) in [6.07, 6.45) is 0. The van der Waals surface area contributed by atoms with E-state index in [1.165, 1.54) is 12.1 Å². The van der Waals surface area contributed by atoms with Gasteiger partial charge in [0.2, 0.25) is 0 Å². The third-order valence-electron chi connectivity index (χ3n) is 2.47. The number of hydrogen-bond acceptors (Lipinski definition) is 3. The number of ether oxygens (including phenoxy) is 1. The Morgan fingerprint density at radius 3 is 2.43 bits per heavy atom. The Morgan fingerprint density at radius 2 is 1.81 bits per heavy atom. The van der Waals surface area contributed by atoms with Crippen molar-refractivity contribution in [1.82, 2.24) is 0 Å². The Kier molecular flexibility index (Phi) is 5.17. The minimum absolute atomic E-state index is 0.0496. The predicted octanol–water partition coefficient (Wildman–Crippen LogP) is 4.37. The zero-order valence-electron chi connectivity index (χ0n) is 10.6. The SMILES string of the molecule is O=C(COc1cccc(Cl)c1)Nc1cc(Cl)c(O)c(Cl)c1. The molecule has 110 valence electrons. The van der Waals surface area contributed by atoms with Crippen LogP contribution in [0.5, 0.6) is 11.5 Å². The van der Waals surface area contributed by atoms with Gasteiger partial charge in [-0.15, -0.1) is 0 Å². The van der Waals surface area contributed by atoms with E-state index < -0.39 is 5.91 Å². The van der Waals surface area contributed by atoms with Gasteiger partial charge in [0, 0.05) is 10.7 Å². The molecule has 2 aromatic rings. The van der Waals surface area contributed by atoms with Crippen molar-refractivity contribution < 1.29 is 14.6 Å². The number of carbonyl (C=O) groups is 1. The zero-order valence-corrected chi connectivity index (χ0v) is 12.8. The molecule has 0 aromatic heterocycles. The van der Waals surface area contributed by atoms with Crippen LogP contribution in [0.3, 0.4) is 0 Å². The molecule has 2 rings (SSSR count). The number of carbonyl (C=O) groups excluding carboxylic acids is 1. The number of phenolic OH excluding ortho intramolecular Hbond substituents is 1. The van der Waals surface area contributed by atoms with E-state index in [1.807, 2.05) is 0 Å². The van der Waals surface area contributed by atoms with Crippen molar-refractivity contribution in [2.45, 2.75) is 0 Å². The van der Waals surface area contributed by atoms with E-state index in [0.29, 0.717) is 16.5 Å². The normalized spacial score (nSPS) is 10.2. The number of aromatic hydroxyl groups is 1. The summed E-state index contributed by atoms with van der Waals surface area (Å²) in [6.45, 7) is -0.198. The minimum atomic E-state index is -0.396. The van der Waals surface area contributed by atoms with Crippen LogP contribution in [-0.2, 0) is 4.79 Å². The smallest absolute Gasteiger partial charge is 0.262 e. The van der Waals surface area contributed by atoms with E-state index in [2.05, 4.69) is 5.32 Å². The van der Waals surface area contributed by atoms with Gasteiger partial charge in [-0.3, -0.25) is 4.79 Å². The number of nitrogens with one attached hydrogen (secondary N) is 1. The first kappa shape index (κ1) is 15.8. The standard InChI is InChI=1S/C14H10Cl3NO3/c15-8-2-1-3-10(4-8)21-7-13(19)18-9-5-11(16)14(20)12(17)6-9/h1-6,20H,7H2,(H,18,19). The number of phenols is 1. The van der Waals surface area contributed by atoms with E-state index in [1.54, 1.807) is 24.3 Å². The number of rotatable bonds is 4. The molecule has 0 atom stereocenters. The lowest BCUT2D eigenvalue weighted by Gasteiger charge is -2.09. The number of anilines is 1. The second-order valence-corrected chi connectivity index (χ2v) is 5.33. The average molecular weight is 347 g/mol. The first-order valence-electron chi connectivity index (χ1n) is 5.82. The van der Waals surface area contributed by atoms with Gasteiger partial charge >= 0.3 is 0 Å². The van der Waals surface area contributed by atoms with Crippen LogP contribution < -0.4 is 10.1 Å². The van der Waals surface area contributed by atoms with Crippen molar-refractivity contribution in [3.63, 3.8) is 0 Å². The molecule has 0 saturated heterocycles. The largest absolute Gasteiger partial charge is 0.505 e. The molecule has 2 aromatic carbocycles.